The summed E-state index contributed by atoms with van der Waals surface area (Å²) in [6.07, 6.45) is 0.275. The minimum atomic E-state index is -0.741. The number of aryl methyl sites for hydroxylation is 2. The second-order valence-corrected chi connectivity index (χ2v) is 5.01. The number of esters is 1. The van der Waals surface area contributed by atoms with Crippen molar-refractivity contribution in [3.8, 4) is 12.1 Å². The number of hydrogen-bond acceptors (Lipinski definition) is 6. The summed E-state index contributed by atoms with van der Waals surface area (Å²) in [5.74, 6) is -1.21. The Balaban J connectivity index is 2.67. The zero-order valence-electron chi connectivity index (χ0n) is 12.9. The van der Waals surface area contributed by atoms with Crippen LogP contribution in [0.3, 0.4) is 0 Å². The Morgan fingerprint density at radius 2 is 1.87 bits per heavy atom. The molecule has 1 aromatic heterocycles. The predicted octanol–water partition coefficient (Wildman–Crippen LogP) is 1.19. The maximum absolute atomic E-state index is 12.0. The Bertz CT molecular complexity index is 653. The molecule has 0 saturated carbocycles. The summed E-state index contributed by atoms with van der Waals surface area (Å²) in [5.41, 5.74) is 0.517. The van der Waals surface area contributed by atoms with E-state index >= 15 is 0 Å². The molecule has 0 radical (unpaired) electrons. The Morgan fingerprint density at radius 3 is 2.30 bits per heavy atom. The molecule has 8 nitrogen and oxygen atoms in total. The molecule has 0 spiro atoms. The van der Waals surface area contributed by atoms with Gasteiger partial charge in [0, 0.05) is 20.1 Å². The fraction of sp³-hybridized carbons (Fsp3) is 0.500. The molecular weight excluding hydrogens is 322 g/mol. The fourth-order valence-corrected chi connectivity index (χ4v) is 2.14. The minimum absolute atomic E-state index is 0.113. The van der Waals surface area contributed by atoms with Crippen LogP contribution in [0, 0.1) is 29.6 Å². The van der Waals surface area contributed by atoms with Crippen LogP contribution in [0.2, 0.25) is 5.15 Å². The van der Waals surface area contributed by atoms with Crippen LogP contribution >= 0.6 is 11.6 Å². The number of halogens is 1. The molecule has 0 saturated heterocycles. The van der Waals surface area contributed by atoms with E-state index in [9.17, 15) is 9.59 Å². The molecular formula is C14H16ClN5O3. The summed E-state index contributed by atoms with van der Waals surface area (Å²) in [4.78, 5) is 25.4. The van der Waals surface area contributed by atoms with Gasteiger partial charge in [0.2, 0.25) is 0 Å². The number of rotatable bonds is 7. The summed E-state index contributed by atoms with van der Waals surface area (Å²) in [7, 11) is 1.59. The lowest BCUT2D eigenvalue weighted by Gasteiger charge is -2.20. The maximum Gasteiger partial charge on any atom is 0.343 e. The monoisotopic (exact) mass is 337 g/mol. The van der Waals surface area contributed by atoms with Crippen LogP contribution in [-0.4, -0.2) is 46.3 Å². The van der Waals surface area contributed by atoms with Gasteiger partial charge in [-0.1, -0.05) is 11.6 Å². The van der Waals surface area contributed by atoms with Crippen molar-refractivity contribution in [2.45, 2.75) is 19.8 Å². The first-order valence-corrected chi connectivity index (χ1v) is 7.18. The van der Waals surface area contributed by atoms with Crippen molar-refractivity contribution in [1.29, 1.82) is 10.5 Å². The molecule has 0 bridgehead atoms. The average Bonchev–Trinajstić information content (AvgIpc) is 2.77. The SMILES string of the molecule is Cc1nn(C)c(Cl)c1C(=O)OCC(=O)N(CCC#N)CCC#N. The molecule has 1 rings (SSSR count). The number of amides is 1. The standard InChI is InChI=1S/C14H16ClN5O3/c1-10-12(13(15)19(2)18-10)14(22)23-9-11(21)20(7-3-5-16)8-4-6-17/h3-4,7-9H2,1-2H3. The molecule has 0 N–H and O–H groups in total. The van der Waals surface area contributed by atoms with Crippen molar-refractivity contribution in [3.63, 3.8) is 0 Å². The van der Waals surface area contributed by atoms with Gasteiger partial charge in [0.25, 0.3) is 5.91 Å². The highest BCUT2D eigenvalue weighted by Gasteiger charge is 2.22. The van der Waals surface area contributed by atoms with Crippen molar-refractivity contribution >= 4 is 23.5 Å². The molecule has 0 aliphatic rings. The normalized spacial score (nSPS) is 9.78. The lowest BCUT2D eigenvalue weighted by atomic mass is 10.3. The predicted molar refractivity (Wildman–Crippen MR) is 80.3 cm³/mol. The quantitative estimate of drug-likeness (QED) is 0.691. The third-order valence-corrected chi connectivity index (χ3v) is 3.46. The number of hydrogen-bond donors (Lipinski definition) is 0. The van der Waals surface area contributed by atoms with E-state index in [1.54, 1.807) is 14.0 Å². The number of carbonyl (C=O) groups excluding carboxylic acids is 2. The van der Waals surface area contributed by atoms with E-state index in [1.807, 2.05) is 12.1 Å². The topological polar surface area (TPSA) is 112 Å². The zero-order chi connectivity index (χ0) is 17.4. The van der Waals surface area contributed by atoms with E-state index in [1.165, 1.54) is 9.58 Å². The third kappa shape index (κ3) is 4.97. The van der Waals surface area contributed by atoms with Crippen molar-refractivity contribution < 1.29 is 14.3 Å². The molecule has 9 heteroatoms. The largest absolute Gasteiger partial charge is 0.452 e. The fourth-order valence-electron chi connectivity index (χ4n) is 1.88. The summed E-state index contributed by atoms with van der Waals surface area (Å²) in [5, 5.41) is 21.3. The molecule has 1 aromatic rings. The van der Waals surface area contributed by atoms with Gasteiger partial charge in [-0.25, -0.2) is 4.79 Å². The Kier molecular flexibility index (Phi) is 7.04. The first-order chi connectivity index (χ1) is 10.9. The van der Waals surface area contributed by atoms with Crippen LogP contribution < -0.4 is 0 Å². The molecule has 1 heterocycles. The van der Waals surface area contributed by atoms with Gasteiger partial charge >= 0.3 is 5.97 Å². The molecule has 1 amide bonds. The molecule has 0 aliphatic carbocycles. The van der Waals surface area contributed by atoms with Crippen LogP contribution in [-0.2, 0) is 16.6 Å². The highest BCUT2D eigenvalue weighted by molar-refractivity contribution is 6.32. The van der Waals surface area contributed by atoms with Gasteiger partial charge in [-0.3, -0.25) is 9.48 Å². The van der Waals surface area contributed by atoms with E-state index in [-0.39, 0.29) is 36.6 Å². The van der Waals surface area contributed by atoms with E-state index in [2.05, 4.69) is 5.10 Å². The van der Waals surface area contributed by atoms with Crippen molar-refractivity contribution in [3.05, 3.63) is 16.4 Å². The van der Waals surface area contributed by atoms with Crippen LogP contribution in [0.15, 0.2) is 0 Å². The van der Waals surface area contributed by atoms with Gasteiger partial charge in [-0.05, 0) is 6.92 Å². The minimum Gasteiger partial charge on any atom is -0.452 e. The molecule has 23 heavy (non-hydrogen) atoms. The first kappa shape index (κ1) is 18.5. The van der Waals surface area contributed by atoms with Crippen LogP contribution in [0.5, 0.6) is 0 Å². The van der Waals surface area contributed by atoms with Crippen LogP contribution in [0.1, 0.15) is 28.9 Å². The second kappa shape index (κ2) is 8.76. The van der Waals surface area contributed by atoms with Crippen molar-refractivity contribution in [1.82, 2.24) is 14.7 Å². The number of nitrogens with zero attached hydrogens (tertiary/aromatic N) is 5. The molecule has 0 aromatic carbocycles. The summed E-state index contributed by atoms with van der Waals surface area (Å²) in [6, 6.07) is 3.85. The lowest BCUT2D eigenvalue weighted by molar-refractivity contribution is -0.134. The van der Waals surface area contributed by atoms with Gasteiger partial charge in [0.05, 0.1) is 30.7 Å². The van der Waals surface area contributed by atoms with Crippen LogP contribution in [0.25, 0.3) is 0 Å². The Morgan fingerprint density at radius 1 is 1.30 bits per heavy atom. The van der Waals surface area contributed by atoms with Gasteiger partial charge in [0.1, 0.15) is 10.7 Å². The summed E-state index contributed by atoms with van der Waals surface area (Å²) in [6.45, 7) is 1.49. The molecule has 0 unspecified atom stereocenters. The van der Waals surface area contributed by atoms with E-state index < -0.39 is 18.5 Å². The summed E-state index contributed by atoms with van der Waals surface area (Å²) >= 11 is 5.96. The lowest BCUT2D eigenvalue weighted by Crippen LogP contribution is -2.36. The number of ether oxygens (including phenoxy) is 1. The van der Waals surface area contributed by atoms with Crippen LogP contribution in [0.4, 0.5) is 0 Å². The van der Waals surface area contributed by atoms with Gasteiger partial charge in [0.15, 0.2) is 6.61 Å². The average molecular weight is 338 g/mol. The van der Waals surface area contributed by atoms with E-state index in [4.69, 9.17) is 26.9 Å². The van der Waals surface area contributed by atoms with E-state index in [0.29, 0.717) is 5.69 Å². The summed E-state index contributed by atoms with van der Waals surface area (Å²) < 4.78 is 6.31. The van der Waals surface area contributed by atoms with Crippen molar-refractivity contribution in [2.24, 2.45) is 7.05 Å². The van der Waals surface area contributed by atoms with Gasteiger partial charge in [-0.2, -0.15) is 15.6 Å². The number of nitriles is 2. The van der Waals surface area contributed by atoms with Gasteiger partial charge in [-0.15, -0.1) is 0 Å². The molecule has 0 aliphatic heterocycles. The number of aromatic nitrogens is 2. The molecule has 0 atom stereocenters. The first-order valence-electron chi connectivity index (χ1n) is 6.80. The highest BCUT2D eigenvalue weighted by atomic mass is 35.5. The van der Waals surface area contributed by atoms with Crippen molar-refractivity contribution in [2.75, 3.05) is 19.7 Å². The second-order valence-electron chi connectivity index (χ2n) is 4.65. The maximum atomic E-state index is 12.0. The number of carbonyl (C=O) groups is 2. The molecule has 0 fully saturated rings. The van der Waals surface area contributed by atoms with Gasteiger partial charge < -0.3 is 9.64 Å². The highest BCUT2D eigenvalue weighted by Crippen LogP contribution is 2.19. The zero-order valence-corrected chi connectivity index (χ0v) is 13.6. The third-order valence-electron chi connectivity index (χ3n) is 3.02. The smallest absolute Gasteiger partial charge is 0.343 e. The van der Waals surface area contributed by atoms with E-state index in [0.717, 1.165) is 0 Å². The Labute approximate surface area is 138 Å². The Hall–Kier alpha value is -2.58. The molecule has 122 valence electrons.